The molecule has 22 heavy (non-hydrogen) atoms. The summed E-state index contributed by atoms with van der Waals surface area (Å²) < 4.78 is 1.00. The van der Waals surface area contributed by atoms with Gasteiger partial charge in [0.2, 0.25) is 5.95 Å². The molecule has 2 aromatic rings. The summed E-state index contributed by atoms with van der Waals surface area (Å²) in [5.41, 5.74) is 0.967. The molecule has 1 aromatic carbocycles. The second-order valence-electron chi connectivity index (χ2n) is 5.70. The lowest BCUT2D eigenvalue weighted by atomic mass is 10.1. The first-order chi connectivity index (χ1) is 10.8. The van der Waals surface area contributed by atoms with Gasteiger partial charge in [-0.25, -0.2) is 4.98 Å². The Balaban J connectivity index is 1.68. The fourth-order valence-electron chi connectivity index (χ4n) is 2.82. The van der Waals surface area contributed by atoms with E-state index in [0.29, 0.717) is 12.0 Å². The van der Waals surface area contributed by atoms with Crippen molar-refractivity contribution < 1.29 is 0 Å². The van der Waals surface area contributed by atoms with E-state index in [0.717, 1.165) is 16.0 Å². The summed E-state index contributed by atoms with van der Waals surface area (Å²) in [4.78, 5) is 8.88. The highest BCUT2D eigenvalue weighted by Crippen LogP contribution is 2.25. The van der Waals surface area contributed by atoms with Gasteiger partial charge in [0.15, 0.2) is 0 Å². The lowest BCUT2D eigenvalue weighted by molar-refractivity contribution is 0.617. The third-order valence-corrected chi connectivity index (χ3v) is 4.67. The van der Waals surface area contributed by atoms with E-state index in [-0.39, 0.29) is 0 Å². The van der Waals surface area contributed by atoms with Gasteiger partial charge in [0, 0.05) is 16.7 Å². The Morgan fingerprint density at radius 1 is 1.00 bits per heavy atom. The number of nitrogens with one attached hydrogen (secondary N) is 2. The zero-order valence-electron chi connectivity index (χ0n) is 12.6. The third kappa shape index (κ3) is 4.19. The first-order valence-electron chi connectivity index (χ1n) is 7.92. The van der Waals surface area contributed by atoms with Crippen LogP contribution in [0, 0.1) is 0 Å². The van der Waals surface area contributed by atoms with Gasteiger partial charge in [-0.05, 0) is 47.0 Å². The maximum Gasteiger partial charge on any atom is 0.229 e. The molecule has 1 fully saturated rings. The molecule has 116 valence electrons. The Kier molecular flexibility index (Phi) is 5.27. The minimum absolute atomic E-state index is 0.536. The van der Waals surface area contributed by atoms with Gasteiger partial charge in [-0.15, -0.1) is 0 Å². The Morgan fingerprint density at radius 3 is 2.55 bits per heavy atom. The fourth-order valence-corrected chi connectivity index (χ4v) is 3.20. The predicted molar refractivity (Wildman–Crippen MR) is 94.6 cm³/mol. The van der Waals surface area contributed by atoms with Crippen molar-refractivity contribution in [1.29, 1.82) is 0 Å². The summed E-state index contributed by atoms with van der Waals surface area (Å²) in [7, 11) is 0. The van der Waals surface area contributed by atoms with Crippen molar-refractivity contribution in [3.8, 4) is 0 Å². The lowest BCUT2D eigenvalue weighted by Gasteiger charge is -2.17. The number of benzene rings is 1. The Bertz CT molecular complexity index is 609. The number of anilines is 3. The molecule has 0 unspecified atom stereocenters. The van der Waals surface area contributed by atoms with Crippen molar-refractivity contribution in [3.05, 3.63) is 41.0 Å². The third-order valence-electron chi connectivity index (χ3n) is 3.98. The van der Waals surface area contributed by atoms with Gasteiger partial charge in [0.1, 0.15) is 5.82 Å². The maximum absolute atomic E-state index is 4.58. The highest BCUT2D eigenvalue weighted by atomic mass is 79.9. The summed E-state index contributed by atoms with van der Waals surface area (Å²) >= 11 is 3.53. The predicted octanol–water partition coefficient (Wildman–Crippen LogP) is 5.12. The summed E-state index contributed by atoms with van der Waals surface area (Å²) in [5.74, 6) is 1.52. The number of hydrogen-bond donors (Lipinski definition) is 2. The van der Waals surface area contributed by atoms with E-state index in [4.69, 9.17) is 0 Å². The van der Waals surface area contributed by atoms with Gasteiger partial charge in [0.25, 0.3) is 0 Å². The average molecular weight is 361 g/mol. The van der Waals surface area contributed by atoms with Crippen LogP contribution in [0.15, 0.2) is 41.0 Å². The molecule has 1 aliphatic rings. The van der Waals surface area contributed by atoms with Crippen LogP contribution in [0.5, 0.6) is 0 Å². The second kappa shape index (κ2) is 7.58. The summed E-state index contributed by atoms with van der Waals surface area (Å²) in [6, 6.07) is 10.4. The molecule has 1 aromatic heterocycles. The normalized spacial score (nSPS) is 16.0. The highest BCUT2D eigenvalue weighted by Gasteiger charge is 2.12. The number of nitrogens with zero attached hydrogens (tertiary/aromatic N) is 2. The molecule has 4 nitrogen and oxygen atoms in total. The van der Waals surface area contributed by atoms with Gasteiger partial charge in [-0.1, -0.05) is 37.8 Å². The van der Waals surface area contributed by atoms with Crippen LogP contribution < -0.4 is 10.6 Å². The van der Waals surface area contributed by atoms with Crippen LogP contribution in [0.2, 0.25) is 0 Å². The van der Waals surface area contributed by atoms with E-state index >= 15 is 0 Å². The van der Waals surface area contributed by atoms with Crippen molar-refractivity contribution in [2.45, 2.75) is 44.6 Å². The van der Waals surface area contributed by atoms with E-state index in [1.807, 2.05) is 30.3 Å². The van der Waals surface area contributed by atoms with Crippen LogP contribution in [-0.2, 0) is 0 Å². The van der Waals surface area contributed by atoms with Crippen LogP contribution in [0.1, 0.15) is 38.5 Å². The maximum atomic E-state index is 4.58. The van der Waals surface area contributed by atoms with Crippen LogP contribution in [0.4, 0.5) is 17.5 Å². The number of para-hydroxylation sites is 1. The molecule has 1 saturated carbocycles. The van der Waals surface area contributed by atoms with E-state index in [1.54, 1.807) is 6.20 Å². The summed E-state index contributed by atoms with van der Waals surface area (Å²) in [6.45, 7) is 0. The van der Waals surface area contributed by atoms with Gasteiger partial charge in [0.05, 0.1) is 5.69 Å². The van der Waals surface area contributed by atoms with Crippen LogP contribution in [-0.4, -0.2) is 16.0 Å². The van der Waals surface area contributed by atoms with Crippen molar-refractivity contribution in [3.63, 3.8) is 0 Å². The zero-order chi connectivity index (χ0) is 15.2. The molecule has 1 heterocycles. The van der Waals surface area contributed by atoms with Crippen molar-refractivity contribution in [1.82, 2.24) is 9.97 Å². The minimum atomic E-state index is 0.536. The van der Waals surface area contributed by atoms with Crippen LogP contribution in [0.25, 0.3) is 0 Å². The minimum Gasteiger partial charge on any atom is -0.367 e. The number of rotatable bonds is 4. The molecule has 0 saturated heterocycles. The van der Waals surface area contributed by atoms with E-state index in [2.05, 4.69) is 36.5 Å². The van der Waals surface area contributed by atoms with E-state index < -0.39 is 0 Å². The molecule has 0 bridgehead atoms. The molecule has 0 aliphatic heterocycles. The molecule has 0 atom stereocenters. The molecule has 3 rings (SSSR count). The van der Waals surface area contributed by atoms with Gasteiger partial charge in [-0.3, -0.25) is 0 Å². The SMILES string of the molecule is Brc1ccccc1Nc1nccc(NC2CCCCCC2)n1. The molecular formula is C17H21BrN4. The second-order valence-corrected chi connectivity index (χ2v) is 6.56. The molecule has 1 aliphatic carbocycles. The number of halogens is 1. The Labute approximate surface area is 139 Å². The molecule has 2 N–H and O–H groups in total. The first-order valence-corrected chi connectivity index (χ1v) is 8.72. The van der Waals surface area contributed by atoms with Crippen molar-refractivity contribution >= 4 is 33.4 Å². The van der Waals surface area contributed by atoms with Crippen LogP contribution >= 0.6 is 15.9 Å². The van der Waals surface area contributed by atoms with E-state index in [1.165, 1.54) is 38.5 Å². The van der Waals surface area contributed by atoms with Crippen molar-refractivity contribution in [2.75, 3.05) is 10.6 Å². The van der Waals surface area contributed by atoms with Crippen LogP contribution in [0.3, 0.4) is 0 Å². The summed E-state index contributed by atoms with van der Waals surface area (Å²) in [5, 5.41) is 6.81. The fraction of sp³-hybridized carbons (Fsp3) is 0.412. The standard InChI is InChI=1S/C17H21BrN4/c18-14-9-5-6-10-15(14)21-17-19-12-11-16(22-17)20-13-7-3-1-2-4-8-13/h5-6,9-13H,1-4,7-8H2,(H2,19,20,21,22). The smallest absolute Gasteiger partial charge is 0.229 e. The topological polar surface area (TPSA) is 49.8 Å². The zero-order valence-corrected chi connectivity index (χ0v) is 14.1. The first kappa shape index (κ1) is 15.3. The highest BCUT2D eigenvalue weighted by molar-refractivity contribution is 9.10. The Morgan fingerprint density at radius 2 is 1.77 bits per heavy atom. The number of aromatic nitrogens is 2. The molecular weight excluding hydrogens is 340 g/mol. The summed E-state index contributed by atoms with van der Waals surface area (Å²) in [6.07, 6.45) is 9.60. The van der Waals surface area contributed by atoms with Gasteiger partial charge in [-0.2, -0.15) is 4.98 Å². The largest absolute Gasteiger partial charge is 0.367 e. The average Bonchev–Trinajstić information content (AvgIpc) is 2.79. The quantitative estimate of drug-likeness (QED) is 0.743. The molecule has 0 radical (unpaired) electrons. The monoisotopic (exact) mass is 360 g/mol. The van der Waals surface area contributed by atoms with Gasteiger partial charge < -0.3 is 10.6 Å². The Hall–Kier alpha value is -1.62. The molecule has 5 heteroatoms. The van der Waals surface area contributed by atoms with Gasteiger partial charge >= 0.3 is 0 Å². The van der Waals surface area contributed by atoms with Crippen molar-refractivity contribution in [2.24, 2.45) is 0 Å². The molecule has 0 amide bonds. The molecule has 0 spiro atoms. The number of hydrogen-bond acceptors (Lipinski definition) is 4. The lowest BCUT2D eigenvalue weighted by Crippen LogP contribution is -2.19. The van der Waals surface area contributed by atoms with E-state index in [9.17, 15) is 0 Å².